The summed E-state index contributed by atoms with van der Waals surface area (Å²) in [4.78, 5) is 5.08. The topological polar surface area (TPSA) is 40.6 Å². The van der Waals surface area contributed by atoms with Crippen LogP contribution in [-0.4, -0.2) is 56.7 Å². The van der Waals surface area contributed by atoms with Crippen LogP contribution in [0.2, 0.25) is 5.02 Å². The van der Waals surface area contributed by atoms with E-state index in [0.717, 1.165) is 26.2 Å². The van der Waals surface area contributed by atoms with Crippen molar-refractivity contribution >= 4 is 21.4 Å². The van der Waals surface area contributed by atoms with Gasteiger partial charge < -0.3 is 0 Å². The molecule has 0 amide bonds. The zero-order valence-electron chi connectivity index (χ0n) is 17.4. The minimum Gasteiger partial charge on any atom is -0.300 e. The number of nitrogens with zero attached hydrogens (tertiary/aromatic N) is 2. The molecule has 0 spiro atoms. The predicted molar refractivity (Wildman–Crippen MR) is 126 cm³/mol. The van der Waals surface area contributed by atoms with Crippen molar-refractivity contribution in [2.45, 2.75) is 10.9 Å². The Morgan fingerprint density at radius 2 is 1.26 bits per heavy atom. The van der Waals surface area contributed by atoms with E-state index in [1.165, 1.54) is 11.1 Å². The maximum absolute atomic E-state index is 12.6. The summed E-state index contributed by atoms with van der Waals surface area (Å²) in [6, 6.07) is 27.8. The Bertz CT molecular complexity index is 1030. The van der Waals surface area contributed by atoms with Gasteiger partial charge >= 0.3 is 0 Å². The number of benzene rings is 3. The van der Waals surface area contributed by atoms with Crippen molar-refractivity contribution in [2.75, 3.05) is 38.5 Å². The van der Waals surface area contributed by atoms with Gasteiger partial charge in [0, 0.05) is 37.7 Å². The van der Waals surface area contributed by atoms with Gasteiger partial charge in [0.2, 0.25) is 0 Å². The molecule has 0 saturated carbocycles. The Morgan fingerprint density at radius 3 is 1.77 bits per heavy atom. The van der Waals surface area contributed by atoms with Crippen molar-refractivity contribution in [1.29, 1.82) is 0 Å². The standard InChI is InChI=1S/C25H27ClN2O2S/c26-23-11-13-24(14-12-23)31(29,30)20-19-27-15-17-28(18-16-27)25(21-7-3-1-4-8-21)22-9-5-2-6-10-22/h1-14,25H,15-20H2. The minimum absolute atomic E-state index is 0.120. The number of rotatable bonds is 7. The Balaban J connectivity index is 1.39. The number of hydrogen-bond donors (Lipinski definition) is 0. The van der Waals surface area contributed by atoms with Crippen LogP contribution in [0.1, 0.15) is 17.2 Å². The maximum atomic E-state index is 12.6. The maximum Gasteiger partial charge on any atom is 0.179 e. The highest BCUT2D eigenvalue weighted by Gasteiger charge is 2.27. The summed E-state index contributed by atoms with van der Waals surface area (Å²) < 4.78 is 25.3. The summed E-state index contributed by atoms with van der Waals surface area (Å²) in [7, 11) is -3.31. The van der Waals surface area contributed by atoms with Gasteiger partial charge in [0.05, 0.1) is 16.7 Å². The van der Waals surface area contributed by atoms with Crippen LogP contribution < -0.4 is 0 Å². The fraction of sp³-hybridized carbons (Fsp3) is 0.280. The zero-order valence-corrected chi connectivity index (χ0v) is 19.0. The normalized spacial score (nSPS) is 15.9. The molecule has 0 aliphatic carbocycles. The fourth-order valence-corrected chi connectivity index (χ4v) is 5.55. The molecule has 0 bridgehead atoms. The van der Waals surface area contributed by atoms with E-state index in [4.69, 9.17) is 11.6 Å². The van der Waals surface area contributed by atoms with Gasteiger partial charge in [0.25, 0.3) is 0 Å². The molecule has 1 heterocycles. The first kappa shape index (κ1) is 22.0. The van der Waals surface area contributed by atoms with Crippen molar-refractivity contribution in [3.63, 3.8) is 0 Å². The van der Waals surface area contributed by atoms with E-state index in [9.17, 15) is 8.42 Å². The molecule has 1 aliphatic heterocycles. The molecule has 1 aliphatic rings. The second kappa shape index (κ2) is 9.96. The fourth-order valence-electron chi connectivity index (χ4n) is 4.14. The third kappa shape index (κ3) is 5.55. The molecule has 0 radical (unpaired) electrons. The van der Waals surface area contributed by atoms with Crippen LogP contribution in [0.4, 0.5) is 0 Å². The molecule has 4 rings (SSSR count). The summed E-state index contributed by atoms with van der Waals surface area (Å²) >= 11 is 5.88. The second-order valence-corrected chi connectivity index (χ2v) is 10.4. The van der Waals surface area contributed by atoms with Crippen molar-refractivity contribution < 1.29 is 8.42 Å². The lowest BCUT2D eigenvalue weighted by Gasteiger charge is -2.39. The quantitative estimate of drug-likeness (QED) is 0.526. The molecular formula is C25H27ClN2O2S. The molecule has 0 N–H and O–H groups in total. The van der Waals surface area contributed by atoms with Gasteiger partial charge in [-0.2, -0.15) is 0 Å². The third-order valence-electron chi connectivity index (χ3n) is 5.85. The number of halogens is 1. The molecule has 4 nitrogen and oxygen atoms in total. The Labute approximate surface area is 190 Å². The smallest absolute Gasteiger partial charge is 0.179 e. The van der Waals surface area contributed by atoms with Crippen molar-refractivity contribution in [2.24, 2.45) is 0 Å². The molecule has 1 saturated heterocycles. The molecule has 31 heavy (non-hydrogen) atoms. The molecule has 0 aromatic heterocycles. The highest BCUT2D eigenvalue weighted by Crippen LogP contribution is 2.29. The molecular weight excluding hydrogens is 428 g/mol. The molecule has 0 unspecified atom stereocenters. The van der Waals surface area contributed by atoms with E-state index in [-0.39, 0.29) is 11.8 Å². The van der Waals surface area contributed by atoms with Crippen LogP contribution in [0.25, 0.3) is 0 Å². The number of hydrogen-bond acceptors (Lipinski definition) is 4. The van der Waals surface area contributed by atoms with Gasteiger partial charge in [-0.25, -0.2) is 8.42 Å². The third-order valence-corrected chi connectivity index (χ3v) is 7.81. The van der Waals surface area contributed by atoms with E-state index in [0.29, 0.717) is 16.5 Å². The van der Waals surface area contributed by atoms with Crippen LogP contribution in [0.5, 0.6) is 0 Å². The van der Waals surface area contributed by atoms with Crippen molar-refractivity contribution in [3.05, 3.63) is 101 Å². The summed E-state index contributed by atoms with van der Waals surface area (Å²) in [5.41, 5.74) is 2.57. The van der Waals surface area contributed by atoms with Crippen LogP contribution in [0.15, 0.2) is 89.8 Å². The Kier molecular flexibility index (Phi) is 7.08. The lowest BCUT2D eigenvalue weighted by Crippen LogP contribution is -2.48. The average Bonchev–Trinajstić information content (AvgIpc) is 2.81. The minimum atomic E-state index is -3.31. The SMILES string of the molecule is O=S(=O)(CCN1CCN(C(c2ccccc2)c2ccccc2)CC1)c1ccc(Cl)cc1. The number of piperazine rings is 1. The van der Waals surface area contributed by atoms with Crippen molar-refractivity contribution in [1.82, 2.24) is 9.80 Å². The molecule has 162 valence electrons. The van der Waals surface area contributed by atoms with Gasteiger partial charge in [0.15, 0.2) is 9.84 Å². The molecule has 1 fully saturated rings. The highest BCUT2D eigenvalue weighted by molar-refractivity contribution is 7.91. The Hall–Kier alpha value is -2.18. The summed E-state index contributed by atoms with van der Waals surface area (Å²) in [6.07, 6.45) is 0. The van der Waals surface area contributed by atoms with Crippen LogP contribution >= 0.6 is 11.6 Å². The van der Waals surface area contributed by atoms with Gasteiger partial charge in [-0.1, -0.05) is 72.3 Å². The van der Waals surface area contributed by atoms with Crippen LogP contribution in [0.3, 0.4) is 0 Å². The molecule has 3 aromatic rings. The van der Waals surface area contributed by atoms with Crippen molar-refractivity contribution in [3.8, 4) is 0 Å². The lowest BCUT2D eigenvalue weighted by atomic mass is 9.96. The van der Waals surface area contributed by atoms with Crippen LogP contribution in [-0.2, 0) is 9.84 Å². The van der Waals surface area contributed by atoms with E-state index < -0.39 is 9.84 Å². The lowest BCUT2D eigenvalue weighted by molar-refractivity contribution is 0.114. The summed E-state index contributed by atoms with van der Waals surface area (Å²) in [6.45, 7) is 4.05. The average molecular weight is 455 g/mol. The van der Waals surface area contributed by atoms with Gasteiger partial charge in [-0.05, 0) is 35.4 Å². The zero-order chi connectivity index (χ0) is 21.7. The van der Waals surface area contributed by atoms with E-state index in [2.05, 4.69) is 58.3 Å². The largest absolute Gasteiger partial charge is 0.300 e. The van der Waals surface area contributed by atoms with E-state index >= 15 is 0 Å². The van der Waals surface area contributed by atoms with Gasteiger partial charge in [-0.3, -0.25) is 9.80 Å². The Morgan fingerprint density at radius 1 is 0.742 bits per heavy atom. The van der Waals surface area contributed by atoms with Gasteiger partial charge in [0.1, 0.15) is 0 Å². The van der Waals surface area contributed by atoms with Gasteiger partial charge in [-0.15, -0.1) is 0 Å². The van der Waals surface area contributed by atoms with Crippen LogP contribution in [0, 0.1) is 0 Å². The summed E-state index contributed by atoms with van der Waals surface area (Å²) in [5.74, 6) is 0.120. The monoisotopic (exact) mass is 454 g/mol. The highest BCUT2D eigenvalue weighted by atomic mass is 35.5. The molecule has 6 heteroatoms. The second-order valence-electron chi connectivity index (χ2n) is 7.87. The first-order chi connectivity index (χ1) is 15.0. The first-order valence-corrected chi connectivity index (χ1v) is 12.6. The van der Waals surface area contributed by atoms with E-state index in [1.54, 1.807) is 24.3 Å². The first-order valence-electron chi connectivity index (χ1n) is 10.6. The molecule has 0 atom stereocenters. The molecule has 3 aromatic carbocycles. The number of sulfone groups is 1. The van der Waals surface area contributed by atoms with E-state index in [1.807, 2.05) is 12.1 Å². The summed E-state index contributed by atoms with van der Waals surface area (Å²) in [5, 5.41) is 0.543. The predicted octanol–water partition coefficient (Wildman–Crippen LogP) is 4.52.